The van der Waals surface area contributed by atoms with Gasteiger partial charge < -0.3 is 5.11 Å². The zero-order valence-electron chi connectivity index (χ0n) is 5.99. The van der Waals surface area contributed by atoms with Gasteiger partial charge in [0.1, 0.15) is 0 Å². The number of pyridine rings is 1. The van der Waals surface area contributed by atoms with Crippen molar-refractivity contribution in [2.45, 2.75) is 12.8 Å². The Morgan fingerprint density at radius 3 is 3.00 bits per heavy atom. The lowest BCUT2D eigenvalue weighted by atomic mass is 10.1. The Morgan fingerprint density at radius 2 is 2.50 bits per heavy atom. The van der Waals surface area contributed by atoms with E-state index in [0.717, 1.165) is 5.56 Å². The summed E-state index contributed by atoms with van der Waals surface area (Å²) in [5.74, 6) is 0.202. The molecule has 0 saturated carbocycles. The molecule has 1 aromatic heterocycles. The molecule has 1 heterocycles. The van der Waals surface area contributed by atoms with Gasteiger partial charge in [-0.3, -0.25) is 4.98 Å². The van der Waals surface area contributed by atoms with Crippen LogP contribution in [0.4, 0.5) is 0 Å². The molecule has 0 radical (unpaired) electrons. The summed E-state index contributed by atoms with van der Waals surface area (Å²) in [5.41, 5.74) is 1.09. The summed E-state index contributed by atoms with van der Waals surface area (Å²) in [5, 5.41) is 8.76. The number of aromatic nitrogens is 1. The van der Waals surface area contributed by atoms with Crippen molar-refractivity contribution in [3.63, 3.8) is 0 Å². The Kier molecular flexibility index (Phi) is 2.40. The van der Waals surface area contributed by atoms with Gasteiger partial charge in [-0.05, 0) is 11.6 Å². The minimum Gasteiger partial charge on any atom is -0.396 e. The van der Waals surface area contributed by atoms with Crippen molar-refractivity contribution in [3.05, 3.63) is 30.1 Å². The van der Waals surface area contributed by atoms with Crippen molar-refractivity contribution in [1.82, 2.24) is 4.98 Å². The first-order valence-electron chi connectivity index (χ1n) is 3.35. The summed E-state index contributed by atoms with van der Waals surface area (Å²) in [4.78, 5) is 3.94. The van der Waals surface area contributed by atoms with Gasteiger partial charge >= 0.3 is 0 Å². The third-order valence-corrected chi connectivity index (χ3v) is 1.53. The summed E-state index contributed by atoms with van der Waals surface area (Å²) in [6.07, 6.45) is 3.51. The third kappa shape index (κ3) is 1.54. The second-order valence-electron chi connectivity index (χ2n) is 2.37. The molecule has 1 N–H and O–H groups in total. The fourth-order valence-electron chi connectivity index (χ4n) is 0.773. The van der Waals surface area contributed by atoms with Gasteiger partial charge in [-0.15, -0.1) is 0 Å². The van der Waals surface area contributed by atoms with Crippen LogP contribution < -0.4 is 0 Å². The maximum absolute atomic E-state index is 8.76. The van der Waals surface area contributed by atoms with Crippen LogP contribution in [0.5, 0.6) is 0 Å². The number of aliphatic hydroxyl groups is 1. The van der Waals surface area contributed by atoms with Crippen LogP contribution in [0, 0.1) is 0 Å². The zero-order valence-corrected chi connectivity index (χ0v) is 5.99. The maximum atomic E-state index is 8.76. The predicted octanol–water partition coefficient (Wildman–Crippen LogP) is 1.18. The molecule has 10 heavy (non-hydrogen) atoms. The third-order valence-electron chi connectivity index (χ3n) is 1.53. The Hall–Kier alpha value is -0.890. The van der Waals surface area contributed by atoms with Crippen molar-refractivity contribution in [2.75, 3.05) is 6.61 Å². The van der Waals surface area contributed by atoms with Crippen LogP contribution in [-0.4, -0.2) is 16.7 Å². The fraction of sp³-hybridized carbons (Fsp3) is 0.375. The van der Waals surface area contributed by atoms with Crippen molar-refractivity contribution in [3.8, 4) is 0 Å². The summed E-state index contributed by atoms with van der Waals surface area (Å²) in [6, 6.07) is 3.84. The Morgan fingerprint density at radius 1 is 1.70 bits per heavy atom. The number of hydrogen-bond donors (Lipinski definition) is 1. The van der Waals surface area contributed by atoms with Gasteiger partial charge in [0.05, 0.1) is 0 Å². The van der Waals surface area contributed by atoms with E-state index in [1.54, 1.807) is 12.4 Å². The quantitative estimate of drug-likeness (QED) is 0.664. The summed E-state index contributed by atoms with van der Waals surface area (Å²) in [6.45, 7) is 2.16. The molecular formula is C8H11NO. The molecular weight excluding hydrogens is 126 g/mol. The van der Waals surface area contributed by atoms with E-state index in [0.29, 0.717) is 0 Å². The van der Waals surface area contributed by atoms with Crippen molar-refractivity contribution >= 4 is 0 Å². The molecule has 1 atom stereocenters. The van der Waals surface area contributed by atoms with Crippen LogP contribution in [0.1, 0.15) is 18.4 Å². The molecule has 0 aliphatic carbocycles. The lowest BCUT2D eigenvalue weighted by Gasteiger charge is -2.05. The number of nitrogens with zero attached hydrogens (tertiary/aromatic N) is 1. The van der Waals surface area contributed by atoms with Gasteiger partial charge in [0.25, 0.3) is 0 Å². The van der Waals surface area contributed by atoms with E-state index in [1.165, 1.54) is 0 Å². The summed E-state index contributed by atoms with van der Waals surface area (Å²) < 4.78 is 0. The van der Waals surface area contributed by atoms with E-state index >= 15 is 0 Å². The van der Waals surface area contributed by atoms with Crippen LogP contribution in [0.2, 0.25) is 0 Å². The van der Waals surface area contributed by atoms with E-state index in [4.69, 9.17) is 5.11 Å². The molecule has 0 unspecified atom stereocenters. The average molecular weight is 137 g/mol. The van der Waals surface area contributed by atoms with E-state index in [-0.39, 0.29) is 12.5 Å². The maximum Gasteiger partial charge on any atom is 0.0497 e. The van der Waals surface area contributed by atoms with Crippen molar-refractivity contribution in [2.24, 2.45) is 0 Å². The molecule has 0 spiro atoms. The first kappa shape index (κ1) is 7.22. The van der Waals surface area contributed by atoms with Crippen molar-refractivity contribution < 1.29 is 5.11 Å². The van der Waals surface area contributed by atoms with E-state index < -0.39 is 0 Å². The van der Waals surface area contributed by atoms with E-state index in [2.05, 4.69) is 4.98 Å². The molecule has 0 aromatic carbocycles. The van der Waals surface area contributed by atoms with Gasteiger partial charge in [-0.1, -0.05) is 13.0 Å². The van der Waals surface area contributed by atoms with Crippen LogP contribution in [0.15, 0.2) is 24.5 Å². The molecule has 0 aliphatic rings. The standard InChI is InChI=1S/C8H11NO/c1-7(6-10)8-3-2-4-9-5-8/h2-5,7,10H,6H2,1H3/t7-/m0/s1. The molecule has 0 fully saturated rings. The SMILES string of the molecule is C[C@@H](CO)c1cccnc1. The molecule has 0 bridgehead atoms. The normalized spacial score (nSPS) is 13.0. The highest BCUT2D eigenvalue weighted by molar-refractivity contribution is 5.13. The molecule has 2 heteroatoms. The number of rotatable bonds is 2. The van der Waals surface area contributed by atoms with Gasteiger partial charge in [-0.2, -0.15) is 0 Å². The van der Waals surface area contributed by atoms with Gasteiger partial charge in [0.2, 0.25) is 0 Å². The fourth-order valence-corrected chi connectivity index (χ4v) is 0.773. The van der Waals surface area contributed by atoms with Gasteiger partial charge in [-0.25, -0.2) is 0 Å². The molecule has 0 saturated heterocycles. The van der Waals surface area contributed by atoms with E-state index in [9.17, 15) is 0 Å². The smallest absolute Gasteiger partial charge is 0.0497 e. The molecule has 1 aromatic rings. The van der Waals surface area contributed by atoms with Crippen LogP contribution in [0.3, 0.4) is 0 Å². The zero-order chi connectivity index (χ0) is 7.40. The number of hydrogen-bond acceptors (Lipinski definition) is 2. The first-order chi connectivity index (χ1) is 4.84. The highest BCUT2D eigenvalue weighted by Gasteiger charge is 2.00. The van der Waals surface area contributed by atoms with Crippen LogP contribution in [0.25, 0.3) is 0 Å². The Labute approximate surface area is 60.5 Å². The average Bonchev–Trinajstić information content (AvgIpc) is 2.05. The molecule has 1 rings (SSSR count). The lowest BCUT2D eigenvalue weighted by Crippen LogP contribution is -1.98. The molecule has 2 nitrogen and oxygen atoms in total. The minimum absolute atomic E-state index is 0.186. The Balaban J connectivity index is 2.75. The largest absolute Gasteiger partial charge is 0.396 e. The summed E-state index contributed by atoms with van der Waals surface area (Å²) >= 11 is 0. The predicted molar refractivity (Wildman–Crippen MR) is 39.7 cm³/mol. The topological polar surface area (TPSA) is 33.1 Å². The Bertz CT molecular complexity index is 186. The van der Waals surface area contributed by atoms with E-state index in [1.807, 2.05) is 19.1 Å². The van der Waals surface area contributed by atoms with Gasteiger partial charge in [0, 0.05) is 24.9 Å². The molecule has 0 amide bonds. The van der Waals surface area contributed by atoms with Crippen LogP contribution in [-0.2, 0) is 0 Å². The van der Waals surface area contributed by atoms with Crippen molar-refractivity contribution in [1.29, 1.82) is 0 Å². The highest BCUT2D eigenvalue weighted by atomic mass is 16.3. The van der Waals surface area contributed by atoms with Crippen LogP contribution >= 0.6 is 0 Å². The second-order valence-corrected chi connectivity index (χ2v) is 2.37. The first-order valence-corrected chi connectivity index (χ1v) is 3.35. The van der Waals surface area contributed by atoms with Gasteiger partial charge in [0.15, 0.2) is 0 Å². The molecule has 54 valence electrons. The second kappa shape index (κ2) is 3.32. The monoisotopic (exact) mass is 137 g/mol. The lowest BCUT2D eigenvalue weighted by molar-refractivity contribution is 0.273. The number of aliphatic hydroxyl groups excluding tert-OH is 1. The highest BCUT2D eigenvalue weighted by Crippen LogP contribution is 2.10. The minimum atomic E-state index is 0.186. The summed E-state index contributed by atoms with van der Waals surface area (Å²) in [7, 11) is 0. The molecule has 0 aliphatic heterocycles.